The number of fused-ring (bicyclic) bond motifs is 1. The summed E-state index contributed by atoms with van der Waals surface area (Å²) < 4.78 is 27.9. The topological polar surface area (TPSA) is 37.4 Å². The minimum atomic E-state index is -3.68. The first-order chi connectivity index (χ1) is 11.9. The van der Waals surface area contributed by atoms with E-state index in [1.807, 2.05) is 62.4 Å². The molecule has 0 unspecified atom stereocenters. The van der Waals surface area contributed by atoms with Crippen LogP contribution in [0.25, 0.3) is 10.8 Å². The van der Waals surface area contributed by atoms with E-state index in [1.54, 1.807) is 18.2 Å². The van der Waals surface area contributed by atoms with E-state index in [0.717, 1.165) is 21.9 Å². The minimum absolute atomic E-state index is 0.220. The van der Waals surface area contributed by atoms with E-state index in [-0.39, 0.29) is 11.4 Å². The fraction of sp³-hybridized carbons (Fsp3) is 0.143. The van der Waals surface area contributed by atoms with Crippen LogP contribution in [0, 0.1) is 13.8 Å². The summed E-state index contributed by atoms with van der Waals surface area (Å²) in [5.41, 5.74) is 2.71. The van der Waals surface area contributed by atoms with Gasteiger partial charge in [-0.2, -0.15) is 0 Å². The normalized spacial score (nSPS) is 11.4. The number of benzene rings is 3. The second kappa shape index (κ2) is 6.73. The summed E-state index contributed by atoms with van der Waals surface area (Å²) in [6, 6.07) is 18.8. The third-order valence-corrected chi connectivity index (χ3v) is 5.89. The van der Waals surface area contributed by atoms with Gasteiger partial charge in [-0.1, -0.05) is 42.5 Å². The molecule has 0 aliphatic rings. The van der Waals surface area contributed by atoms with Crippen LogP contribution in [0.1, 0.15) is 11.1 Å². The third kappa shape index (κ3) is 3.44. The Morgan fingerprint density at radius 3 is 2.20 bits per heavy atom. The van der Waals surface area contributed by atoms with Gasteiger partial charge in [-0.15, -0.1) is 6.58 Å². The molecule has 0 heterocycles. The lowest BCUT2D eigenvalue weighted by Gasteiger charge is -2.24. The molecule has 3 aromatic carbocycles. The van der Waals surface area contributed by atoms with Crippen molar-refractivity contribution in [2.75, 3.05) is 10.8 Å². The number of nitrogens with zero attached hydrogens (tertiary/aromatic N) is 1. The standard InChI is InChI=1S/C21H21NO2S/c1-4-11-22(20-13-16(2)12-17(3)14-20)25(23,24)21-10-9-18-7-5-6-8-19(18)15-21/h4-10,12-15H,1,11H2,2-3H3. The summed E-state index contributed by atoms with van der Waals surface area (Å²) >= 11 is 0. The average Bonchev–Trinajstić information content (AvgIpc) is 2.58. The van der Waals surface area contributed by atoms with Crippen LogP contribution in [0.5, 0.6) is 0 Å². The van der Waals surface area contributed by atoms with Crippen molar-refractivity contribution >= 4 is 26.5 Å². The highest BCUT2D eigenvalue weighted by Crippen LogP contribution is 2.27. The molecule has 3 rings (SSSR count). The fourth-order valence-electron chi connectivity index (χ4n) is 3.01. The molecule has 0 atom stereocenters. The van der Waals surface area contributed by atoms with Crippen LogP contribution in [0.15, 0.2) is 78.2 Å². The summed E-state index contributed by atoms with van der Waals surface area (Å²) in [5.74, 6) is 0. The van der Waals surface area contributed by atoms with Crippen molar-refractivity contribution in [3.05, 3.63) is 84.4 Å². The van der Waals surface area contributed by atoms with Crippen LogP contribution in [0.2, 0.25) is 0 Å². The van der Waals surface area contributed by atoms with Gasteiger partial charge < -0.3 is 0 Å². The van der Waals surface area contributed by atoms with Crippen molar-refractivity contribution < 1.29 is 8.42 Å². The number of rotatable bonds is 5. The number of sulfonamides is 1. The monoisotopic (exact) mass is 351 g/mol. The molecule has 0 fully saturated rings. The van der Waals surface area contributed by atoms with Gasteiger partial charge in [-0.3, -0.25) is 4.31 Å². The number of hydrogen-bond donors (Lipinski definition) is 0. The van der Waals surface area contributed by atoms with Gasteiger partial charge in [0.2, 0.25) is 0 Å². The zero-order valence-corrected chi connectivity index (χ0v) is 15.3. The second-order valence-electron chi connectivity index (χ2n) is 6.18. The lowest BCUT2D eigenvalue weighted by Crippen LogP contribution is -2.31. The summed E-state index contributed by atoms with van der Waals surface area (Å²) in [7, 11) is -3.68. The molecule has 0 N–H and O–H groups in total. The molecule has 128 valence electrons. The molecule has 25 heavy (non-hydrogen) atoms. The van der Waals surface area contributed by atoms with Crippen molar-refractivity contribution in [1.29, 1.82) is 0 Å². The zero-order chi connectivity index (χ0) is 18.0. The highest BCUT2D eigenvalue weighted by molar-refractivity contribution is 7.92. The SMILES string of the molecule is C=CCN(c1cc(C)cc(C)c1)S(=O)(=O)c1ccc2ccccc2c1. The van der Waals surface area contributed by atoms with E-state index in [1.165, 1.54) is 4.31 Å². The minimum Gasteiger partial charge on any atom is -0.263 e. The summed E-state index contributed by atoms with van der Waals surface area (Å²) in [6.45, 7) is 7.87. The first kappa shape index (κ1) is 17.2. The van der Waals surface area contributed by atoms with E-state index in [2.05, 4.69) is 6.58 Å². The van der Waals surface area contributed by atoms with E-state index in [9.17, 15) is 8.42 Å². The van der Waals surface area contributed by atoms with Gasteiger partial charge in [0, 0.05) is 0 Å². The maximum absolute atomic E-state index is 13.3. The predicted molar refractivity (Wildman–Crippen MR) is 105 cm³/mol. The average molecular weight is 351 g/mol. The van der Waals surface area contributed by atoms with Crippen molar-refractivity contribution in [3.8, 4) is 0 Å². The first-order valence-corrected chi connectivity index (χ1v) is 9.56. The maximum Gasteiger partial charge on any atom is 0.264 e. The van der Waals surface area contributed by atoms with Crippen molar-refractivity contribution in [3.63, 3.8) is 0 Å². The largest absolute Gasteiger partial charge is 0.264 e. The van der Waals surface area contributed by atoms with Crippen molar-refractivity contribution in [2.45, 2.75) is 18.7 Å². The highest BCUT2D eigenvalue weighted by atomic mass is 32.2. The smallest absolute Gasteiger partial charge is 0.263 e. The van der Waals surface area contributed by atoms with Crippen LogP contribution in [-0.4, -0.2) is 15.0 Å². The molecule has 3 nitrogen and oxygen atoms in total. The summed E-state index contributed by atoms with van der Waals surface area (Å²) in [4.78, 5) is 0.284. The second-order valence-corrected chi connectivity index (χ2v) is 8.04. The van der Waals surface area contributed by atoms with Crippen LogP contribution in [0.4, 0.5) is 5.69 Å². The lowest BCUT2D eigenvalue weighted by molar-refractivity contribution is 0.593. The molecule has 0 amide bonds. The molecule has 0 bridgehead atoms. The molecular weight excluding hydrogens is 330 g/mol. The van der Waals surface area contributed by atoms with Gasteiger partial charge in [0.15, 0.2) is 0 Å². The number of aryl methyl sites for hydroxylation is 2. The Bertz CT molecular complexity index is 1020. The van der Waals surface area contributed by atoms with E-state index in [4.69, 9.17) is 0 Å². The molecule has 0 aliphatic heterocycles. The lowest BCUT2D eigenvalue weighted by atomic mass is 10.1. The molecule has 0 saturated carbocycles. The molecule has 0 aromatic heterocycles. The van der Waals surface area contributed by atoms with Crippen molar-refractivity contribution in [1.82, 2.24) is 0 Å². The molecule has 0 radical (unpaired) electrons. The van der Waals surface area contributed by atoms with Crippen LogP contribution in [0.3, 0.4) is 0 Å². The van der Waals surface area contributed by atoms with Crippen LogP contribution >= 0.6 is 0 Å². The fourth-order valence-corrected chi connectivity index (χ4v) is 4.46. The maximum atomic E-state index is 13.3. The van der Waals surface area contributed by atoms with E-state index < -0.39 is 10.0 Å². The summed E-state index contributed by atoms with van der Waals surface area (Å²) in [5, 5.41) is 1.92. The van der Waals surface area contributed by atoms with Gasteiger partial charge in [0.05, 0.1) is 17.1 Å². The zero-order valence-electron chi connectivity index (χ0n) is 14.4. The Kier molecular flexibility index (Phi) is 4.64. The Morgan fingerprint density at radius 2 is 1.56 bits per heavy atom. The van der Waals surface area contributed by atoms with Gasteiger partial charge in [-0.25, -0.2) is 8.42 Å². The molecule has 3 aromatic rings. The number of anilines is 1. The quantitative estimate of drug-likeness (QED) is 0.617. The van der Waals surface area contributed by atoms with Gasteiger partial charge >= 0.3 is 0 Å². The molecule has 0 spiro atoms. The first-order valence-electron chi connectivity index (χ1n) is 8.12. The Hall–Kier alpha value is -2.59. The molecular formula is C21H21NO2S. The van der Waals surface area contributed by atoms with Crippen molar-refractivity contribution in [2.24, 2.45) is 0 Å². The van der Waals surface area contributed by atoms with E-state index in [0.29, 0.717) is 5.69 Å². The number of hydrogen-bond acceptors (Lipinski definition) is 2. The molecule has 4 heteroatoms. The molecule has 0 aliphatic carbocycles. The Balaban J connectivity index is 2.14. The Labute approximate surface area is 149 Å². The van der Waals surface area contributed by atoms with Gasteiger partial charge in [0.25, 0.3) is 10.0 Å². The predicted octanol–water partition coefficient (Wildman–Crippen LogP) is 4.84. The van der Waals surface area contributed by atoms with E-state index >= 15 is 0 Å². The van der Waals surface area contributed by atoms with Crippen LogP contribution in [-0.2, 0) is 10.0 Å². The van der Waals surface area contributed by atoms with Gasteiger partial charge in [0.1, 0.15) is 0 Å². The summed E-state index contributed by atoms with van der Waals surface area (Å²) in [6.07, 6.45) is 1.61. The highest BCUT2D eigenvalue weighted by Gasteiger charge is 2.24. The Morgan fingerprint density at radius 1 is 0.920 bits per heavy atom. The van der Waals surface area contributed by atoms with Crippen LogP contribution < -0.4 is 4.31 Å². The molecule has 0 saturated heterocycles. The third-order valence-electron chi connectivity index (χ3n) is 4.10. The van der Waals surface area contributed by atoms with Gasteiger partial charge in [-0.05, 0) is 60.0 Å².